The molecule has 0 atom stereocenters. The van der Waals surface area contributed by atoms with Crippen molar-refractivity contribution in [2.24, 2.45) is 0 Å². The Kier molecular flexibility index (Phi) is 6.92. The van der Waals surface area contributed by atoms with Crippen LogP contribution < -0.4 is 0 Å². The molecule has 1 aliphatic rings. The van der Waals surface area contributed by atoms with Crippen LogP contribution in [0.2, 0.25) is 5.02 Å². The standard InChI is InChI=1S/C25H28ClFN4O/c1-3-25(32)30(4-2)17-23-21-16-29(15-18-7-5-6-8-22(18)27)14-13-24(21)31(28-23)20-11-9-19(26)10-12-20/h5-12H,3-4,13-17H2,1-2H3. The van der Waals surface area contributed by atoms with Gasteiger partial charge < -0.3 is 4.90 Å². The van der Waals surface area contributed by atoms with Gasteiger partial charge in [0.1, 0.15) is 5.82 Å². The van der Waals surface area contributed by atoms with Gasteiger partial charge in [-0.25, -0.2) is 9.07 Å². The Balaban J connectivity index is 1.68. The molecule has 2 aromatic carbocycles. The van der Waals surface area contributed by atoms with Crippen molar-refractivity contribution < 1.29 is 9.18 Å². The maximum atomic E-state index is 14.2. The van der Waals surface area contributed by atoms with Crippen molar-refractivity contribution in [2.75, 3.05) is 13.1 Å². The highest BCUT2D eigenvalue weighted by Crippen LogP contribution is 2.28. The number of fused-ring (bicyclic) bond motifs is 1. The molecule has 4 rings (SSSR count). The van der Waals surface area contributed by atoms with E-state index >= 15 is 0 Å². The lowest BCUT2D eigenvalue weighted by molar-refractivity contribution is -0.131. The largest absolute Gasteiger partial charge is 0.337 e. The molecular weight excluding hydrogens is 427 g/mol. The second-order valence-electron chi connectivity index (χ2n) is 8.07. The van der Waals surface area contributed by atoms with Crippen LogP contribution in [0.1, 0.15) is 42.8 Å². The van der Waals surface area contributed by atoms with Crippen LogP contribution in [0.25, 0.3) is 5.69 Å². The van der Waals surface area contributed by atoms with Crippen molar-refractivity contribution in [2.45, 2.75) is 46.3 Å². The third-order valence-corrected chi connectivity index (χ3v) is 6.27. The second-order valence-corrected chi connectivity index (χ2v) is 8.51. The van der Waals surface area contributed by atoms with Crippen molar-refractivity contribution in [3.63, 3.8) is 0 Å². The number of amides is 1. The summed E-state index contributed by atoms with van der Waals surface area (Å²) < 4.78 is 16.2. The first-order valence-electron chi connectivity index (χ1n) is 11.1. The van der Waals surface area contributed by atoms with Crippen LogP contribution in [-0.2, 0) is 30.8 Å². The zero-order valence-corrected chi connectivity index (χ0v) is 19.3. The number of rotatable bonds is 7. The Morgan fingerprint density at radius 2 is 1.91 bits per heavy atom. The second kappa shape index (κ2) is 9.84. The molecule has 0 N–H and O–H groups in total. The lowest BCUT2D eigenvalue weighted by atomic mass is 10.0. The summed E-state index contributed by atoms with van der Waals surface area (Å²) in [6, 6.07) is 14.6. The first kappa shape index (κ1) is 22.5. The molecule has 0 aliphatic carbocycles. The number of benzene rings is 2. The first-order valence-corrected chi connectivity index (χ1v) is 11.5. The summed E-state index contributed by atoms with van der Waals surface area (Å²) in [5.74, 6) is -0.0672. The van der Waals surface area contributed by atoms with Gasteiger partial charge in [0.05, 0.1) is 23.6 Å². The molecule has 0 saturated carbocycles. The van der Waals surface area contributed by atoms with Gasteiger partial charge in [0, 0.05) is 55.2 Å². The summed E-state index contributed by atoms with van der Waals surface area (Å²) in [7, 11) is 0. The zero-order valence-electron chi connectivity index (χ0n) is 18.5. The normalized spacial score (nSPS) is 13.8. The molecule has 32 heavy (non-hydrogen) atoms. The van der Waals surface area contributed by atoms with E-state index < -0.39 is 0 Å². The summed E-state index contributed by atoms with van der Waals surface area (Å²) in [6.07, 6.45) is 1.26. The topological polar surface area (TPSA) is 41.4 Å². The minimum Gasteiger partial charge on any atom is -0.337 e. The molecule has 2 heterocycles. The number of hydrogen-bond acceptors (Lipinski definition) is 3. The molecule has 1 aromatic heterocycles. The molecular formula is C25H28ClFN4O. The number of halogens is 2. The number of carbonyl (C=O) groups excluding carboxylic acids is 1. The molecule has 5 nitrogen and oxygen atoms in total. The van der Waals surface area contributed by atoms with E-state index in [1.165, 1.54) is 6.07 Å². The maximum Gasteiger partial charge on any atom is 0.222 e. The van der Waals surface area contributed by atoms with E-state index in [9.17, 15) is 9.18 Å². The summed E-state index contributed by atoms with van der Waals surface area (Å²) in [5.41, 5.74) is 4.82. The monoisotopic (exact) mass is 454 g/mol. The highest BCUT2D eigenvalue weighted by atomic mass is 35.5. The lowest BCUT2D eigenvalue weighted by Gasteiger charge is -2.28. The van der Waals surface area contributed by atoms with Crippen molar-refractivity contribution in [1.82, 2.24) is 19.6 Å². The van der Waals surface area contributed by atoms with Crippen LogP contribution in [0.5, 0.6) is 0 Å². The van der Waals surface area contributed by atoms with Gasteiger partial charge in [0.25, 0.3) is 0 Å². The average molecular weight is 455 g/mol. The minimum absolute atomic E-state index is 0.112. The van der Waals surface area contributed by atoms with Crippen LogP contribution in [-0.4, -0.2) is 38.6 Å². The van der Waals surface area contributed by atoms with Gasteiger partial charge in [0.15, 0.2) is 0 Å². The van der Waals surface area contributed by atoms with E-state index in [-0.39, 0.29) is 11.7 Å². The molecule has 1 amide bonds. The predicted molar refractivity (Wildman–Crippen MR) is 124 cm³/mol. The Morgan fingerprint density at radius 1 is 1.16 bits per heavy atom. The summed E-state index contributed by atoms with van der Waals surface area (Å²) >= 11 is 6.08. The molecule has 0 radical (unpaired) electrons. The first-order chi connectivity index (χ1) is 15.5. The van der Waals surface area contributed by atoms with Crippen molar-refractivity contribution in [3.05, 3.63) is 81.9 Å². The number of nitrogens with zero attached hydrogens (tertiary/aromatic N) is 4. The van der Waals surface area contributed by atoms with Crippen LogP contribution in [0.15, 0.2) is 48.5 Å². The summed E-state index contributed by atoms with van der Waals surface area (Å²) in [6.45, 7) is 7.00. The Bertz CT molecular complexity index is 1100. The molecule has 0 spiro atoms. The molecule has 0 saturated heterocycles. The van der Waals surface area contributed by atoms with Crippen LogP contribution in [0, 0.1) is 5.82 Å². The molecule has 0 unspecified atom stereocenters. The van der Waals surface area contributed by atoms with E-state index in [0.717, 1.165) is 35.6 Å². The summed E-state index contributed by atoms with van der Waals surface area (Å²) in [5, 5.41) is 5.61. The maximum absolute atomic E-state index is 14.2. The average Bonchev–Trinajstić information content (AvgIpc) is 3.16. The van der Waals surface area contributed by atoms with Gasteiger partial charge in [-0.2, -0.15) is 5.10 Å². The third-order valence-electron chi connectivity index (χ3n) is 6.02. The van der Waals surface area contributed by atoms with Crippen molar-refractivity contribution >= 4 is 17.5 Å². The fourth-order valence-corrected chi connectivity index (χ4v) is 4.37. The van der Waals surface area contributed by atoms with Gasteiger partial charge in [-0.15, -0.1) is 0 Å². The van der Waals surface area contributed by atoms with Crippen molar-refractivity contribution in [1.29, 1.82) is 0 Å². The highest BCUT2D eigenvalue weighted by Gasteiger charge is 2.27. The predicted octanol–water partition coefficient (Wildman–Crippen LogP) is 4.98. The smallest absolute Gasteiger partial charge is 0.222 e. The molecule has 0 bridgehead atoms. The quantitative estimate of drug-likeness (QED) is 0.505. The number of carbonyl (C=O) groups is 1. The van der Waals surface area contributed by atoms with Gasteiger partial charge in [-0.3, -0.25) is 9.69 Å². The van der Waals surface area contributed by atoms with E-state index in [1.54, 1.807) is 6.07 Å². The van der Waals surface area contributed by atoms with E-state index in [2.05, 4.69) is 4.90 Å². The number of aromatic nitrogens is 2. The molecule has 168 valence electrons. The van der Waals surface area contributed by atoms with Crippen molar-refractivity contribution in [3.8, 4) is 5.69 Å². The molecule has 7 heteroatoms. The zero-order chi connectivity index (χ0) is 22.7. The SMILES string of the molecule is CCC(=O)N(CC)Cc1nn(-c2ccc(Cl)cc2)c2c1CN(Cc1ccccc1F)CC2. The number of hydrogen-bond donors (Lipinski definition) is 0. The summed E-state index contributed by atoms with van der Waals surface area (Å²) in [4.78, 5) is 16.5. The fraction of sp³-hybridized carbons (Fsp3) is 0.360. The Labute approximate surface area is 193 Å². The Morgan fingerprint density at radius 3 is 2.59 bits per heavy atom. The van der Waals surface area contributed by atoms with E-state index in [1.807, 2.05) is 59.8 Å². The minimum atomic E-state index is -0.180. The fourth-order valence-electron chi connectivity index (χ4n) is 4.25. The molecule has 3 aromatic rings. The van der Waals surface area contributed by atoms with Crippen LogP contribution in [0.4, 0.5) is 4.39 Å². The van der Waals surface area contributed by atoms with Crippen LogP contribution in [0.3, 0.4) is 0 Å². The van der Waals surface area contributed by atoms with Crippen LogP contribution >= 0.6 is 11.6 Å². The van der Waals surface area contributed by atoms with Gasteiger partial charge in [-0.1, -0.05) is 36.7 Å². The lowest BCUT2D eigenvalue weighted by Crippen LogP contribution is -2.33. The Hall–Kier alpha value is -2.70. The third kappa shape index (κ3) is 4.71. The highest BCUT2D eigenvalue weighted by molar-refractivity contribution is 6.30. The van der Waals surface area contributed by atoms with E-state index in [4.69, 9.17) is 16.7 Å². The molecule has 1 aliphatic heterocycles. The van der Waals surface area contributed by atoms with E-state index in [0.29, 0.717) is 43.2 Å². The van der Waals surface area contributed by atoms with Gasteiger partial charge in [-0.05, 0) is 37.3 Å². The van der Waals surface area contributed by atoms with Gasteiger partial charge in [0.2, 0.25) is 5.91 Å². The van der Waals surface area contributed by atoms with Gasteiger partial charge >= 0.3 is 0 Å². The molecule has 0 fully saturated rings.